The fourth-order valence-electron chi connectivity index (χ4n) is 1.46. The summed E-state index contributed by atoms with van der Waals surface area (Å²) >= 11 is 1.08. The molecule has 1 aromatic heterocycles. The van der Waals surface area contributed by atoms with Gasteiger partial charge in [-0.25, -0.2) is 0 Å². The van der Waals surface area contributed by atoms with Crippen LogP contribution in [0.25, 0.3) is 0 Å². The predicted octanol–water partition coefficient (Wildman–Crippen LogP) is 0.927. The summed E-state index contributed by atoms with van der Waals surface area (Å²) in [6.07, 6.45) is 1.45. The second-order valence-corrected chi connectivity index (χ2v) is 4.22. The molecule has 0 radical (unpaired) electrons. The number of benzene rings is 1. The monoisotopic (exact) mass is 248 g/mol. The van der Waals surface area contributed by atoms with Crippen molar-refractivity contribution in [3.8, 4) is 0 Å². The fourth-order valence-corrected chi connectivity index (χ4v) is 1.89. The Hall–Kier alpha value is -1.79. The SMILES string of the molecule is NCc1ccccc1CNC(=O)c1cnns1. The van der Waals surface area contributed by atoms with Crippen LogP contribution < -0.4 is 11.1 Å². The molecule has 6 heteroatoms. The number of carbonyl (C=O) groups is 1. The summed E-state index contributed by atoms with van der Waals surface area (Å²) in [4.78, 5) is 12.2. The Kier molecular flexibility index (Phi) is 3.79. The molecule has 3 N–H and O–H groups in total. The number of nitrogens with two attached hydrogens (primary N) is 1. The summed E-state index contributed by atoms with van der Waals surface area (Å²) in [6, 6.07) is 7.76. The molecule has 0 saturated heterocycles. The van der Waals surface area contributed by atoms with E-state index in [1.165, 1.54) is 6.20 Å². The molecule has 88 valence electrons. The van der Waals surface area contributed by atoms with Gasteiger partial charge < -0.3 is 11.1 Å². The maximum Gasteiger partial charge on any atom is 0.264 e. The first kappa shape index (κ1) is 11.7. The van der Waals surface area contributed by atoms with E-state index >= 15 is 0 Å². The lowest BCUT2D eigenvalue weighted by Gasteiger charge is -2.08. The van der Waals surface area contributed by atoms with E-state index in [4.69, 9.17) is 5.73 Å². The minimum Gasteiger partial charge on any atom is -0.347 e. The van der Waals surface area contributed by atoms with Crippen molar-refractivity contribution in [1.29, 1.82) is 0 Å². The molecule has 0 aliphatic rings. The lowest BCUT2D eigenvalue weighted by molar-refractivity contribution is 0.0954. The van der Waals surface area contributed by atoms with Crippen molar-refractivity contribution in [2.24, 2.45) is 5.73 Å². The van der Waals surface area contributed by atoms with Crippen LogP contribution in [0.15, 0.2) is 30.5 Å². The van der Waals surface area contributed by atoms with Crippen molar-refractivity contribution in [2.45, 2.75) is 13.1 Å². The maximum atomic E-state index is 11.7. The number of carbonyl (C=O) groups excluding carboxylic acids is 1. The zero-order valence-electron chi connectivity index (χ0n) is 9.09. The molecular formula is C11H12N4OS. The Balaban J connectivity index is 2.00. The first-order valence-corrected chi connectivity index (χ1v) is 5.91. The van der Waals surface area contributed by atoms with Crippen LogP contribution in [0.1, 0.15) is 20.8 Å². The predicted molar refractivity (Wildman–Crippen MR) is 65.4 cm³/mol. The molecule has 1 heterocycles. The molecule has 0 aliphatic heterocycles. The average Bonchev–Trinajstić information content (AvgIpc) is 2.90. The number of nitrogens with zero attached hydrogens (tertiary/aromatic N) is 2. The number of nitrogens with one attached hydrogen (secondary N) is 1. The van der Waals surface area contributed by atoms with Gasteiger partial charge in [0.15, 0.2) is 0 Å². The highest BCUT2D eigenvalue weighted by atomic mass is 32.1. The van der Waals surface area contributed by atoms with E-state index in [1.54, 1.807) is 0 Å². The second kappa shape index (κ2) is 5.51. The quantitative estimate of drug-likeness (QED) is 0.843. The lowest BCUT2D eigenvalue weighted by Crippen LogP contribution is -2.22. The van der Waals surface area contributed by atoms with Gasteiger partial charge in [-0.2, -0.15) is 0 Å². The van der Waals surface area contributed by atoms with Gasteiger partial charge in [0, 0.05) is 13.1 Å². The molecule has 0 unspecified atom stereocenters. The molecule has 0 saturated carbocycles. The van der Waals surface area contributed by atoms with E-state index < -0.39 is 0 Å². The number of hydrogen-bond acceptors (Lipinski definition) is 5. The van der Waals surface area contributed by atoms with E-state index in [0.29, 0.717) is 18.0 Å². The fraction of sp³-hybridized carbons (Fsp3) is 0.182. The van der Waals surface area contributed by atoms with Crippen molar-refractivity contribution in [3.05, 3.63) is 46.5 Å². The van der Waals surface area contributed by atoms with Crippen LogP contribution in [0, 0.1) is 0 Å². The minimum atomic E-state index is -0.160. The van der Waals surface area contributed by atoms with Gasteiger partial charge in [0.2, 0.25) is 0 Å². The summed E-state index contributed by atoms with van der Waals surface area (Å²) in [5, 5.41) is 6.43. The molecule has 5 nitrogen and oxygen atoms in total. The Morgan fingerprint density at radius 3 is 2.76 bits per heavy atom. The van der Waals surface area contributed by atoms with Crippen LogP contribution in [0.3, 0.4) is 0 Å². The molecule has 0 atom stereocenters. The third-order valence-corrected chi connectivity index (χ3v) is 3.03. The van der Waals surface area contributed by atoms with Crippen molar-refractivity contribution in [1.82, 2.24) is 14.9 Å². The maximum absolute atomic E-state index is 11.7. The summed E-state index contributed by atoms with van der Waals surface area (Å²) in [5.41, 5.74) is 7.69. The molecule has 2 rings (SSSR count). The van der Waals surface area contributed by atoms with Gasteiger partial charge in [0.25, 0.3) is 5.91 Å². The van der Waals surface area contributed by atoms with E-state index in [1.807, 2.05) is 24.3 Å². The molecule has 0 fully saturated rings. The van der Waals surface area contributed by atoms with Gasteiger partial charge in [0.1, 0.15) is 4.88 Å². The molecule has 17 heavy (non-hydrogen) atoms. The second-order valence-electron chi connectivity index (χ2n) is 3.44. The van der Waals surface area contributed by atoms with Crippen LogP contribution in [-0.2, 0) is 13.1 Å². The highest BCUT2D eigenvalue weighted by molar-refractivity contribution is 7.07. The molecule has 0 bridgehead atoms. The van der Waals surface area contributed by atoms with Gasteiger partial charge in [-0.1, -0.05) is 28.8 Å². The molecule has 0 spiro atoms. The normalized spacial score (nSPS) is 10.2. The molecule has 0 aliphatic carbocycles. The van der Waals surface area contributed by atoms with E-state index in [2.05, 4.69) is 14.9 Å². The van der Waals surface area contributed by atoms with Gasteiger partial charge in [-0.15, -0.1) is 5.10 Å². The van der Waals surface area contributed by atoms with Crippen LogP contribution in [0.5, 0.6) is 0 Å². The summed E-state index contributed by atoms with van der Waals surface area (Å²) in [6.45, 7) is 0.929. The minimum absolute atomic E-state index is 0.160. The Morgan fingerprint density at radius 1 is 1.35 bits per heavy atom. The van der Waals surface area contributed by atoms with Crippen LogP contribution in [-0.4, -0.2) is 15.5 Å². The van der Waals surface area contributed by atoms with Crippen molar-refractivity contribution in [2.75, 3.05) is 0 Å². The van der Waals surface area contributed by atoms with Crippen LogP contribution in [0.2, 0.25) is 0 Å². The molecule has 1 amide bonds. The van der Waals surface area contributed by atoms with E-state index in [9.17, 15) is 4.79 Å². The number of hydrogen-bond donors (Lipinski definition) is 2. The highest BCUT2D eigenvalue weighted by Crippen LogP contribution is 2.08. The molecule has 2 aromatic rings. The summed E-state index contributed by atoms with van der Waals surface area (Å²) in [7, 11) is 0. The van der Waals surface area contributed by atoms with Gasteiger partial charge >= 0.3 is 0 Å². The largest absolute Gasteiger partial charge is 0.347 e. The standard InChI is InChI=1S/C11H12N4OS/c12-5-8-3-1-2-4-9(8)6-13-11(16)10-7-14-15-17-10/h1-4,7H,5-6,12H2,(H,13,16). The smallest absolute Gasteiger partial charge is 0.264 e. The summed E-state index contributed by atoms with van der Waals surface area (Å²) in [5.74, 6) is -0.160. The van der Waals surface area contributed by atoms with Crippen molar-refractivity contribution in [3.63, 3.8) is 0 Å². The molecular weight excluding hydrogens is 236 g/mol. The zero-order chi connectivity index (χ0) is 12.1. The van der Waals surface area contributed by atoms with Gasteiger partial charge in [-0.3, -0.25) is 4.79 Å². The van der Waals surface area contributed by atoms with E-state index in [0.717, 1.165) is 22.7 Å². The van der Waals surface area contributed by atoms with Crippen molar-refractivity contribution >= 4 is 17.4 Å². The third kappa shape index (κ3) is 2.86. The van der Waals surface area contributed by atoms with Gasteiger partial charge in [-0.05, 0) is 22.7 Å². The first-order chi connectivity index (χ1) is 8.31. The highest BCUT2D eigenvalue weighted by Gasteiger charge is 2.08. The Morgan fingerprint density at radius 2 is 2.12 bits per heavy atom. The number of rotatable bonds is 4. The lowest BCUT2D eigenvalue weighted by atomic mass is 10.1. The number of amides is 1. The zero-order valence-corrected chi connectivity index (χ0v) is 9.91. The Bertz CT molecular complexity index is 498. The molecule has 1 aromatic carbocycles. The third-order valence-electron chi connectivity index (χ3n) is 2.36. The van der Waals surface area contributed by atoms with Crippen LogP contribution >= 0.6 is 11.5 Å². The number of aromatic nitrogens is 2. The first-order valence-electron chi connectivity index (χ1n) is 5.13. The average molecular weight is 248 g/mol. The van der Waals surface area contributed by atoms with Crippen molar-refractivity contribution < 1.29 is 4.79 Å². The van der Waals surface area contributed by atoms with E-state index in [-0.39, 0.29) is 5.91 Å². The Labute approximate surface area is 103 Å². The van der Waals surface area contributed by atoms with Gasteiger partial charge in [0.05, 0.1) is 6.20 Å². The van der Waals surface area contributed by atoms with Crippen LogP contribution in [0.4, 0.5) is 0 Å². The topological polar surface area (TPSA) is 80.9 Å². The summed E-state index contributed by atoms with van der Waals surface area (Å²) < 4.78 is 3.64.